The molecule has 16 nitrogen and oxygen atoms in total. The highest BCUT2D eigenvalue weighted by Gasteiger charge is 2.53. The van der Waals surface area contributed by atoms with Crippen LogP contribution in [0.15, 0.2) is 48.5 Å². The maximum Gasteiger partial charge on any atom is 0.303 e. The molecule has 2 aromatic rings. The molecule has 0 unspecified atom stereocenters. The van der Waals surface area contributed by atoms with Crippen molar-refractivity contribution in [3.05, 3.63) is 59.7 Å². The smallest absolute Gasteiger partial charge is 0.303 e. The van der Waals surface area contributed by atoms with E-state index >= 15 is 0 Å². The van der Waals surface area contributed by atoms with E-state index in [0.29, 0.717) is 17.5 Å². The summed E-state index contributed by atoms with van der Waals surface area (Å²) in [6.45, 7) is 9.77. The molecule has 2 aliphatic heterocycles. The normalized spacial score (nSPS) is 27.4. The fraction of sp³-hybridized carbons (Fsp3) is 0.513. The lowest BCUT2D eigenvalue weighted by Gasteiger charge is -2.44. The monoisotopic (exact) mass is 770 g/mol. The Kier molecular flexibility index (Phi) is 14.5. The highest BCUT2D eigenvalue weighted by Crippen LogP contribution is 2.40. The zero-order chi connectivity index (χ0) is 40.6. The van der Waals surface area contributed by atoms with Gasteiger partial charge in [0.1, 0.15) is 24.9 Å². The summed E-state index contributed by atoms with van der Waals surface area (Å²) < 4.78 is 51.1. The van der Waals surface area contributed by atoms with Crippen molar-refractivity contribution in [3.8, 4) is 11.1 Å². The van der Waals surface area contributed by atoms with Gasteiger partial charge >= 0.3 is 41.8 Å². The van der Waals surface area contributed by atoms with Gasteiger partial charge in [0.25, 0.3) is 0 Å². The standard InChI is InChI=1S/C39H46O16/c1-9-30-34(48-20(3)41)38(52-24(7)45)36(50-22(5)43)32(54-30)28-14-10-26(11-15-28)27-12-16-29(17-13-27)33-37(51-23(6)44)39(53-25(8)46)35(49-21(4)42)31(55-33)18-47-19(2)40/h10-17,30-39H,9,18H2,1-8H3/t30-,31+,32+,33-,34-,35+,36+,37-,38+,39-/m0/s1. The minimum absolute atomic E-state index is 0.354. The van der Waals surface area contributed by atoms with Crippen molar-refractivity contribution in [2.45, 2.75) is 123 Å². The molecule has 0 amide bonds. The Bertz CT molecular complexity index is 1720. The van der Waals surface area contributed by atoms with Crippen molar-refractivity contribution in [2.24, 2.45) is 0 Å². The van der Waals surface area contributed by atoms with Gasteiger partial charge in [-0.05, 0) is 28.7 Å². The molecule has 0 aliphatic carbocycles. The van der Waals surface area contributed by atoms with Gasteiger partial charge in [-0.3, -0.25) is 33.6 Å². The van der Waals surface area contributed by atoms with Crippen molar-refractivity contribution in [2.75, 3.05) is 6.61 Å². The quantitative estimate of drug-likeness (QED) is 0.223. The number of carbonyl (C=O) groups is 7. The average molecular weight is 771 g/mol. The predicted octanol–water partition coefficient (Wildman–Crippen LogP) is 3.80. The fourth-order valence-corrected chi connectivity index (χ4v) is 6.72. The summed E-state index contributed by atoms with van der Waals surface area (Å²) in [5.74, 6) is -4.73. The van der Waals surface area contributed by atoms with Crippen LogP contribution in [0, 0.1) is 0 Å². The molecule has 2 aliphatic rings. The molecule has 2 fully saturated rings. The van der Waals surface area contributed by atoms with Crippen LogP contribution in [0.1, 0.15) is 85.1 Å². The van der Waals surface area contributed by atoms with Gasteiger partial charge in [-0.15, -0.1) is 0 Å². The van der Waals surface area contributed by atoms with Crippen LogP contribution in [-0.2, 0) is 76.2 Å². The molecule has 2 aromatic carbocycles. The number of ether oxygens (including phenoxy) is 9. The average Bonchev–Trinajstić information content (AvgIpc) is 3.09. The van der Waals surface area contributed by atoms with Crippen LogP contribution in [0.25, 0.3) is 11.1 Å². The van der Waals surface area contributed by atoms with E-state index in [0.717, 1.165) is 25.0 Å². The Morgan fingerprint density at radius 3 is 1.07 bits per heavy atom. The minimum atomic E-state index is -1.31. The number of carbonyl (C=O) groups excluding carboxylic acids is 7. The molecular formula is C39H46O16. The lowest BCUT2D eigenvalue weighted by atomic mass is 9.88. The Labute approximate surface area is 317 Å². The third-order valence-corrected chi connectivity index (χ3v) is 8.74. The number of hydrogen-bond acceptors (Lipinski definition) is 16. The predicted molar refractivity (Wildman–Crippen MR) is 187 cm³/mol. The van der Waals surface area contributed by atoms with Crippen molar-refractivity contribution in [1.29, 1.82) is 0 Å². The van der Waals surface area contributed by atoms with Gasteiger partial charge in [0, 0.05) is 48.5 Å². The van der Waals surface area contributed by atoms with Crippen LogP contribution >= 0.6 is 0 Å². The first-order chi connectivity index (χ1) is 26.0. The van der Waals surface area contributed by atoms with E-state index in [9.17, 15) is 33.6 Å². The molecule has 2 heterocycles. The van der Waals surface area contributed by atoms with Gasteiger partial charge in [0.2, 0.25) is 0 Å². The van der Waals surface area contributed by atoms with E-state index in [1.165, 1.54) is 34.6 Å². The molecule has 0 bridgehead atoms. The van der Waals surface area contributed by atoms with E-state index in [1.807, 2.05) is 19.1 Å². The molecule has 0 spiro atoms. The maximum absolute atomic E-state index is 12.3. The lowest BCUT2D eigenvalue weighted by Crippen LogP contribution is -2.59. The van der Waals surface area contributed by atoms with Gasteiger partial charge in [0.05, 0.1) is 6.10 Å². The first-order valence-electron chi connectivity index (χ1n) is 17.7. The summed E-state index contributed by atoms with van der Waals surface area (Å²) in [7, 11) is 0. The summed E-state index contributed by atoms with van der Waals surface area (Å²) in [5.41, 5.74) is 2.61. The van der Waals surface area contributed by atoms with E-state index in [-0.39, 0.29) is 6.61 Å². The Morgan fingerprint density at radius 2 is 0.745 bits per heavy atom. The van der Waals surface area contributed by atoms with E-state index in [2.05, 4.69) is 0 Å². The van der Waals surface area contributed by atoms with Crippen molar-refractivity contribution >= 4 is 41.8 Å². The minimum Gasteiger partial charge on any atom is -0.463 e. The highest BCUT2D eigenvalue weighted by atomic mass is 16.7. The van der Waals surface area contributed by atoms with Crippen molar-refractivity contribution < 1.29 is 76.2 Å². The van der Waals surface area contributed by atoms with Crippen LogP contribution in [0.5, 0.6) is 0 Å². The van der Waals surface area contributed by atoms with Gasteiger partial charge in [-0.25, -0.2) is 0 Å². The summed E-state index contributed by atoms with van der Waals surface area (Å²) in [5, 5.41) is 0. The SMILES string of the molecule is CC[C@@H]1O[C@H](c2ccc(-c3ccc([C@@H]4O[C@H](COC(C)=O)[C@@H](OC(C)=O)[C@H](OC(C)=O)[C@H]4OC(C)=O)cc3)cc2)[C@@H](OC(C)=O)[C@H](OC(C)=O)[C@H]1OC(C)=O. The molecule has 0 N–H and O–H groups in total. The largest absolute Gasteiger partial charge is 0.463 e. The lowest BCUT2D eigenvalue weighted by molar-refractivity contribution is -0.254. The molecule has 298 valence electrons. The van der Waals surface area contributed by atoms with Crippen LogP contribution in [-0.4, -0.2) is 97.2 Å². The maximum atomic E-state index is 12.3. The van der Waals surface area contributed by atoms with E-state index in [4.69, 9.17) is 42.6 Å². The Hall–Kier alpha value is -5.35. The first-order valence-corrected chi connectivity index (χ1v) is 17.7. The topological polar surface area (TPSA) is 203 Å². The van der Waals surface area contributed by atoms with E-state index < -0.39 is 103 Å². The molecule has 0 aromatic heterocycles. The molecule has 0 saturated carbocycles. The van der Waals surface area contributed by atoms with Gasteiger partial charge in [-0.1, -0.05) is 55.5 Å². The summed E-state index contributed by atoms with van der Waals surface area (Å²) in [4.78, 5) is 84.7. The van der Waals surface area contributed by atoms with Crippen LogP contribution in [0.4, 0.5) is 0 Å². The molecule has 55 heavy (non-hydrogen) atoms. The number of esters is 7. The highest BCUT2D eigenvalue weighted by molar-refractivity contribution is 5.70. The zero-order valence-electron chi connectivity index (χ0n) is 31.8. The Morgan fingerprint density at radius 1 is 0.436 bits per heavy atom. The van der Waals surface area contributed by atoms with Crippen molar-refractivity contribution in [1.82, 2.24) is 0 Å². The second-order valence-corrected chi connectivity index (χ2v) is 13.1. The van der Waals surface area contributed by atoms with Gasteiger partial charge < -0.3 is 42.6 Å². The summed E-state index contributed by atoms with van der Waals surface area (Å²) in [6.07, 6.45) is -10.5. The molecule has 16 heteroatoms. The molecule has 0 radical (unpaired) electrons. The Balaban J connectivity index is 1.67. The molecule has 10 atom stereocenters. The van der Waals surface area contributed by atoms with Gasteiger partial charge in [-0.2, -0.15) is 0 Å². The molecule has 4 rings (SSSR count). The third-order valence-electron chi connectivity index (χ3n) is 8.74. The molecular weight excluding hydrogens is 724 g/mol. The van der Waals surface area contributed by atoms with Crippen LogP contribution < -0.4 is 0 Å². The summed E-state index contributed by atoms with van der Waals surface area (Å²) >= 11 is 0. The molecule has 2 saturated heterocycles. The summed E-state index contributed by atoms with van der Waals surface area (Å²) in [6, 6.07) is 14.2. The number of rotatable bonds is 12. The number of benzene rings is 2. The third kappa shape index (κ3) is 11.1. The first kappa shape index (κ1) is 42.4. The second-order valence-electron chi connectivity index (χ2n) is 13.1. The van der Waals surface area contributed by atoms with Crippen LogP contribution in [0.2, 0.25) is 0 Å². The van der Waals surface area contributed by atoms with Gasteiger partial charge in [0.15, 0.2) is 36.6 Å². The van der Waals surface area contributed by atoms with Crippen LogP contribution in [0.3, 0.4) is 0 Å². The zero-order valence-corrected chi connectivity index (χ0v) is 31.8. The fourth-order valence-electron chi connectivity index (χ4n) is 6.72. The second kappa shape index (κ2) is 18.8. The van der Waals surface area contributed by atoms with Crippen molar-refractivity contribution in [3.63, 3.8) is 0 Å². The number of hydrogen-bond donors (Lipinski definition) is 0. The van der Waals surface area contributed by atoms with E-state index in [1.54, 1.807) is 36.4 Å².